The van der Waals surface area contributed by atoms with Crippen molar-refractivity contribution in [2.75, 3.05) is 19.8 Å². The highest BCUT2D eigenvalue weighted by molar-refractivity contribution is 4.90. The normalized spacial score (nSPS) is 20.9. The lowest BCUT2D eigenvalue weighted by Gasteiger charge is -2.30. The Bertz CT molecular complexity index is 419. The highest BCUT2D eigenvalue weighted by Crippen LogP contribution is 2.32. The fourth-order valence-corrected chi connectivity index (χ4v) is 2.99. The van der Waals surface area contributed by atoms with Gasteiger partial charge in [-0.1, -0.05) is 25.9 Å². The summed E-state index contributed by atoms with van der Waals surface area (Å²) in [6.45, 7) is 9.24. The minimum Gasteiger partial charge on any atom is -0.381 e. The first-order chi connectivity index (χ1) is 9.99. The summed E-state index contributed by atoms with van der Waals surface area (Å²) in [6, 6.07) is 0. The third-order valence-corrected chi connectivity index (χ3v) is 4.45. The molecule has 0 aromatic carbocycles. The highest BCUT2D eigenvalue weighted by atomic mass is 16.5. The molecule has 0 radical (unpaired) electrons. The van der Waals surface area contributed by atoms with Crippen LogP contribution < -0.4 is 5.73 Å². The van der Waals surface area contributed by atoms with Crippen molar-refractivity contribution in [2.45, 2.75) is 52.9 Å². The molecule has 5 heteroatoms. The number of hydrogen-bond acceptors (Lipinski definition) is 5. The minimum atomic E-state index is 0.267. The van der Waals surface area contributed by atoms with Crippen molar-refractivity contribution in [2.24, 2.45) is 23.0 Å². The Morgan fingerprint density at radius 1 is 1.33 bits per heavy atom. The maximum Gasteiger partial charge on any atom is 0.226 e. The lowest BCUT2D eigenvalue weighted by atomic mass is 9.76. The van der Waals surface area contributed by atoms with E-state index in [1.165, 1.54) is 0 Å². The van der Waals surface area contributed by atoms with E-state index >= 15 is 0 Å². The number of aromatic nitrogens is 2. The standard InChI is InChI=1S/C16H29N3O2/c1-16(2,3)13(6-8-17)4-5-15-18-14(19-21-15)10-12-7-9-20-11-12/h12-13H,4-11,17H2,1-3H3. The second-order valence-electron chi connectivity index (χ2n) is 7.22. The van der Waals surface area contributed by atoms with Crippen LogP contribution >= 0.6 is 0 Å². The van der Waals surface area contributed by atoms with Crippen molar-refractivity contribution >= 4 is 0 Å². The van der Waals surface area contributed by atoms with Crippen molar-refractivity contribution in [3.63, 3.8) is 0 Å². The molecule has 21 heavy (non-hydrogen) atoms. The van der Waals surface area contributed by atoms with E-state index in [0.717, 1.165) is 63.6 Å². The van der Waals surface area contributed by atoms with Gasteiger partial charge in [-0.25, -0.2) is 0 Å². The summed E-state index contributed by atoms with van der Waals surface area (Å²) < 4.78 is 10.8. The first-order valence-corrected chi connectivity index (χ1v) is 8.08. The van der Waals surface area contributed by atoms with Gasteiger partial charge < -0.3 is 15.0 Å². The van der Waals surface area contributed by atoms with Crippen molar-refractivity contribution < 1.29 is 9.26 Å². The molecule has 1 aromatic heterocycles. The number of nitrogens with two attached hydrogens (primary N) is 1. The molecule has 5 nitrogen and oxygen atoms in total. The van der Waals surface area contributed by atoms with E-state index in [-0.39, 0.29) is 5.41 Å². The van der Waals surface area contributed by atoms with Crippen LogP contribution in [0.2, 0.25) is 0 Å². The lowest BCUT2D eigenvalue weighted by molar-refractivity contribution is 0.185. The molecule has 1 fully saturated rings. The molecule has 1 saturated heterocycles. The van der Waals surface area contributed by atoms with Crippen LogP contribution in [0.1, 0.15) is 51.7 Å². The molecular weight excluding hydrogens is 266 g/mol. The summed E-state index contributed by atoms with van der Waals surface area (Å²) in [7, 11) is 0. The number of ether oxygens (including phenoxy) is 1. The molecule has 2 N–H and O–H groups in total. The molecule has 2 atom stereocenters. The van der Waals surface area contributed by atoms with Crippen LogP contribution in [0.3, 0.4) is 0 Å². The SMILES string of the molecule is CC(C)(C)C(CCN)CCc1nc(CC2CCOC2)no1. The summed E-state index contributed by atoms with van der Waals surface area (Å²) in [5, 5.41) is 4.10. The number of nitrogens with zero attached hydrogens (tertiary/aromatic N) is 2. The summed E-state index contributed by atoms with van der Waals surface area (Å²) in [5.74, 6) is 2.72. The van der Waals surface area contributed by atoms with E-state index in [1.54, 1.807) is 0 Å². The molecule has 120 valence electrons. The Kier molecular flexibility index (Phi) is 5.76. The third kappa shape index (κ3) is 5.08. The Hall–Kier alpha value is -0.940. The first kappa shape index (κ1) is 16.4. The first-order valence-electron chi connectivity index (χ1n) is 8.08. The van der Waals surface area contributed by atoms with Gasteiger partial charge in [0.1, 0.15) is 0 Å². The van der Waals surface area contributed by atoms with Gasteiger partial charge in [0.25, 0.3) is 0 Å². The topological polar surface area (TPSA) is 74.2 Å². The smallest absolute Gasteiger partial charge is 0.226 e. The van der Waals surface area contributed by atoms with Gasteiger partial charge in [-0.3, -0.25) is 0 Å². The molecule has 2 unspecified atom stereocenters. The van der Waals surface area contributed by atoms with Gasteiger partial charge in [0, 0.05) is 26.1 Å². The van der Waals surface area contributed by atoms with E-state index < -0.39 is 0 Å². The second-order valence-corrected chi connectivity index (χ2v) is 7.22. The average Bonchev–Trinajstić information content (AvgIpc) is 3.05. The minimum absolute atomic E-state index is 0.267. The van der Waals surface area contributed by atoms with Gasteiger partial charge in [-0.15, -0.1) is 0 Å². The predicted molar refractivity (Wildman–Crippen MR) is 81.9 cm³/mol. The molecule has 2 rings (SSSR count). The Labute approximate surface area is 127 Å². The monoisotopic (exact) mass is 295 g/mol. The van der Waals surface area contributed by atoms with Gasteiger partial charge in [0.15, 0.2) is 5.82 Å². The molecule has 0 bridgehead atoms. The average molecular weight is 295 g/mol. The number of hydrogen-bond donors (Lipinski definition) is 1. The molecule has 1 aliphatic rings. The van der Waals surface area contributed by atoms with E-state index in [0.29, 0.717) is 11.8 Å². The Morgan fingerprint density at radius 2 is 2.14 bits per heavy atom. The molecule has 1 aromatic rings. The van der Waals surface area contributed by atoms with Crippen LogP contribution in [0.25, 0.3) is 0 Å². The van der Waals surface area contributed by atoms with Crippen LogP contribution in [0, 0.1) is 17.3 Å². The highest BCUT2D eigenvalue weighted by Gasteiger charge is 2.25. The van der Waals surface area contributed by atoms with Gasteiger partial charge in [-0.05, 0) is 43.1 Å². The van der Waals surface area contributed by atoms with Gasteiger partial charge in [-0.2, -0.15) is 4.98 Å². The fourth-order valence-electron chi connectivity index (χ4n) is 2.99. The van der Waals surface area contributed by atoms with Crippen LogP contribution in [0.5, 0.6) is 0 Å². The van der Waals surface area contributed by atoms with Crippen LogP contribution in [0.15, 0.2) is 4.52 Å². The zero-order valence-corrected chi connectivity index (χ0v) is 13.6. The Balaban J connectivity index is 1.83. The maximum atomic E-state index is 5.73. The molecule has 0 saturated carbocycles. The van der Waals surface area contributed by atoms with E-state index in [1.807, 2.05) is 0 Å². The van der Waals surface area contributed by atoms with Crippen LogP contribution in [0.4, 0.5) is 0 Å². The van der Waals surface area contributed by atoms with Crippen LogP contribution in [-0.2, 0) is 17.6 Å². The van der Waals surface area contributed by atoms with Crippen molar-refractivity contribution in [1.29, 1.82) is 0 Å². The molecule has 2 heterocycles. The van der Waals surface area contributed by atoms with Gasteiger partial charge in [0.05, 0.1) is 0 Å². The number of aryl methyl sites for hydroxylation is 1. The molecular formula is C16H29N3O2. The summed E-state index contributed by atoms with van der Waals surface area (Å²) in [6.07, 6.45) is 4.91. The predicted octanol–water partition coefficient (Wildman–Crippen LogP) is 2.59. The summed E-state index contributed by atoms with van der Waals surface area (Å²) in [5.41, 5.74) is 5.99. The lowest BCUT2D eigenvalue weighted by Crippen LogP contribution is -2.24. The zero-order chi connectivity index (χ0) is 15.3. The molecule has 0 aliphatic carbocycles. The van der Waals surface area contributed by atoms with E-state index in [2.05, 4.69) is 30.9 Å². The molecule has 0 spiro atoms. The molecule has 0 amide bonds. The Morgan fingerprint density at radius 3 is 2.76 bits per heavy atom. The number of rotatable bonds is 7. The van der Waals surface area contributed by atoms with E-state index in [4.69, 9.17) is 15.0 Å². The zero-order valence-electron chi connectivity index (χ0n) is 13.6. The largest absolute Gasteiger partial charge is 0.381 e. The maximum absolute atomic E-state index is 5.73. The third-order valence-electron chi connectivity index (χ3n) is 4.45. The van der Waals surface area contributed by atoms with Crippen molar-refractivity contribution in [3.05, 3.63) is 11.7 Å². The van der Waals surface area contributed by atoms with Gasteiger partial charge >= 0.3 is 0 Å². The van der Waals surface area contributed by atoms with Crippen LogP contribution in [-0.4, -0.2) is 29.9 Å². The quantitative estimate of drug-likeness (QED) is 0.837. The fraction of sp³-hybridized carbons (Fsp3) is 0.875. The second kappa shape index (κ2) is 7.36. The van der Waals surface area contributed by atoms with Crippen molar-refractivity contribution in [1.82, 2.24) is 10.1 Å². The van der Waals surface area contributed by atoms with Gasteiger partial charge in [0.2, 0.25) is 5.89 Å². The molecule has 1 aliphatic heterocycles. The summed E-state index contributed by atoms with van der Waals surface area (Å²) >= 11 is 0. The van der Waals surface area contributed by atoms with E-state index in [9.17, 15) is 0 Å². The summed E-state index contributed by atoms with van der Waals surface area (Å²) in [4.78, 5) is 4.52. The van der Waals surface area contributed by atoms with Crippen molar-refractivity contribution in [3.8, 4) is 0 Å².